The Morgan fingerprint density at radius 1 is 1.29 bits per heavy atom. The minimum atomic E-state index is 0.145. The Labute approximate surface area is 99.1 Å². The molecule has 0 amide bonds. The number of pyridine rings is 1. The van der Waals surface area contributed by atoms with Gasteiger partial charge in [0.2, 0.25) is 11.7 Å². The van der Waals surface area contributed by atoms with Crippen LogP contribution in [0, 0.1) is 0 Å². The Hall–Kier alpha value is -1.75. The van der Waals surface area contributed by atoms with Gasteiger partial charge in [-0.05, 0) is 25.0 Å². The summed E-state index contributed by atoms with van der Waals surface area (Å²) < 4.78 is 5.29. The van der Waals surface area contributed by atoms with E-state index in [-0.39, 0.29) is 12.0 Å². The topological polar surface area (TPSA) is 77.8 Å². The Kier molecular flexibility index (Phi) is 2.60. The molecule has 3 rings (SSSR count). The minimum Gasteiger partial charge on any atom is -0.339 e. The van der Waals surface area contributed by atoms with Crippen molar-refractivity contribution in [3.05, 3.63) is 30.3 Å². The van der Waals surface area contributed by atoms with Gasteiger partial charge in [-0.25, -0.2) is 0 Å². The highest BCUT2D eigenvalue weighted by Crippen LogP contribution is 2.32. The summed E-state index contributed by atoms with van der Waals surface area (Å²) in [7, 11) is 0. The molecule has 0 saturated heterocycles. The summed E-state index contributed by atoms with van der Waals surface area (Å²) in [4.78, 5) is 8.58. The van der Waals surface area contributed by atoms with Crippen LogP contribution >= 0.6 is 0 Å². The molecule has 1 aliphatic carbocycles. The van der Waals surface area contributed by atoms with Crippen LogP contribution in [0.15, 0.2) is 28.9 Å². The Morgan fingerprint density at radius 3 is 2.94 bits per heavy atom. The maximum atomic E-state index is 6.02. The average molecular weight is 230 g/mol. The first kappa shape index (κ1) is 10.4. The molecule has 2 atom stereocenters. The van der Waals surface area contributed by atoms with Crippen LogP contribution in [0.4, 0.5) is 0 Å². The maximum absolute atomic E-state index is 6.02. The molecule has 2 N–H and O–H groups in total. The fraction of sp³-hybridized carbons (Fsp3) is 0.417. The third kappa shape index (κ3) is 1.93. The molecule has 88 valence electrons. The van der Waals surface area contributed by atoms with Crippen LogP contribution in [0.5, 0.6) is 0 Å². The van der Waals surface area contributed by atoms with Gasteiger partial charge in [0.05, 0.1) is 5.92 Å². The van der Waals surface area contributed by atoms with Crippen LogP contribution in [0.25, 0.3) is 11.5 Å². The van der Waals surface area contributed by atoms with Crippen molar-refractivity contribution in [1.29, 1.82) is 0 Å². The molecule has 17 heavy (non-hydrogen) atoms. The highest BCUT2D eigenvalue weighted by atomic mass is 16.5. The Morgan fingerprint density at radius 2 is 2.24 bits per heavy atom. The maximum Gasteiger partial charge on any atom is 0.231 e. The van der Waals surface area contributed by atoms with Crippen molar-refractivity contribution in [1.82, 2.24) is 15.1 Å². The van der Waals surface area contributed by atoms with Crippen LogP contribution < -0.4 is 5.73 Å². The molecule has 1 fully saturated rings. The highest BCUT2D eigenvalue weighted by Gasteiger charge is 2.30. The number of rotatable bonds is 2. The fourth-order valence-electron chi connectivity index (χ4n) is 2.28. The molecule has 2 aromatic rings. The molecule has 1 aliphatic rings. The molecule has 0 bridgehead atoms. The third-order valence-corrected chi connectivity index (χ3v) is 3.22. The number of aromatic nitrogens is 3. The zero-order valence-electron chi connectivity index (χ0n) is 9.41. The molecule has 0 spiro atoms. The van der Waals surface area contributed by atoms with Crippen LogP contribution in [-0.2, 0) is 0 Å². The van der Waals surface area contributed by atoms with Crippen molar-refractivity contribution >= 4 is 0 Å². The van der Waals surface area contributed by atoms with Crippen molar-refractivity contribution in [2.75, 3.05) is 0 Å². The minimum absolute atomic E-state index is 0.145. The second-order valence-electron chi connectivity index (χ2n) is 4.37. The monoisotopic (exact) mass is 230 g/mol. The van der Waals surface area contributed by atoms with E-state index in [1.807, 2.05) is 18.2 Å². The van der Waals surface area contributed by atoms with E-state index in [0.717, 1.165) is 25.0 Å². The zero-order valence-corrected chi connectivity index (χ0v) is 9.41. The normalized spacial score (nSPS) is 24.1. The second kappa shape index (κ2) is 4.25. The van der Waals surface area contributed by atoms with E-state index in [2.05, 4.69) is 15.1 Å². The number of nitrogens with two attached hydrogens (primary N) is 1. The van der Waals surface area contributed by atoms with Gasteiger partial charge in [0.15, 0.2) is 0 Å². The van der Waals surface area contributed by atoms with Crippen molar-refractivity contribution in [3.63, 3.8) is 0 Å². The van der Waals surface area contributed by atoms with Crippen molar-refractivity contribution in [2.24, 2.45) is 5.73 Å². The van der Waals surface area contributed by atoms with Gasteiger partial charge in [-0.1, -0.05) is 17.6 Å². The van der Waals surface area contributed by atoms with Crippen molar-refractivity contribution in [3.8, 4) is 11.5 Å². The van der Waals surface area contributed by atoms with E-state index < -0.39 is 0 Å². The molecule has 0 unspecified atom stereocenters. The predicted octanol–water partition coefficient (Wildman–Crippen LogP) is 1.73. The lowest BCUT2D eigenvalue weighted by molar-refractivity contribution is 0.345. The fourth-order valence-corrected chi connectivity index (χ4v) is 2.28. The molecule has 0 aromatic carbocycles. The lowest BCUT2D eigenvalue weighted by Crippen LogP contribution is -2.22. The Balaban J connectivity index is 1.88. The first-order chi connectivity index (χ1) is 8.34. The smallest absolute Gasteiger partial charge is 0.231 e. The van der Waals surface area contributed by atoms with E-state index >= 15 is 0 Å². The second-order valence-corrected chi connectivity index (χ2v) is 4.37. The SMILES string of the molecule is N[C@H]1CCC[C@@H]1c1nc(-c2ccccn2)no1. The van der Waals surface area contributed by atoms with E-state index in [0.29, 0.717) is 11.7 Å². The van der Waals surface area contributed by atoms with E-state index in [1.165, 1.54) is 0 Å². The molecule has 2 heterocycles. The number of hydrogen-bond acceptors (Lipinski definition) is 5. The van der Waals surface area contributed by atoms with Crippen LogP contribution in [0.2, 0.25) is 0 Å². The first-order valence-corrected chi connectivity index (χ1v) is 5.85. The summed E-state index contributed by atoms with van der Waals surface area (Å²) in [6.07, 6.45) is 4.91. The highest BCUT2D eigenvalue weighted by molar-refractivity contribution is 5.47. The Bertz CT molecular complexity index is 496. The summed E-state index contributed by atoms with van der Waals surface area (Å²) in [5, 5.41) is 3.96. The quantitative estimate of drug-likeness (QED) is 0.850. The van der Waals surface area contributed by atoms with Gasteiger partial charge in [-0.3, -0.25) is 4.98 Å². The molecule has 5 nitrogen and oxygen atoms in total. The van der Waals surface area contributed by atoms with Gasteiger partial charge in [0, 0.05) is 12.2 Å². The molecule has 2 aromatic heterocycles. The van der Waals surface area contributed by atoms with E-state index in [4.69, 9.17) is 10.3 Å². The van der Waals surface area contributed by atoms with Gasteiger partial charge in [0.25, 0.3) is 0 Å². The largest absolute Gasteiger partial charge is 0.339 e. The zero-order chi connectivity index (χ0) is 11.7. The molecule has 1 saturated carbocycles. The summed E-state index contributed by atoms with van der Waals surface area (Å²) in [5.41, 5.74) is 6.75. The summed E-state index contributed by atoms with van der Waals surface area (Å²) in [5.74, 6) is 1.40. The first-order valence-electron chi connectivity index (χ1n) is 5.85. The van der Waals surface area contributed by atoms with Gasteiger partial charge in [-0.15, -0.1) is 0 Å². The molecular formula is C12H14N4O. The molecular weight excluding hydrogens is 216 g/mol. The standard InChI is InChI=1S/C12H14N4O/c13-9-5-3-4-8(9)12-15-11(16-17-12)10-6-1-2-7-14-10/h1-2,6-9H,3-5,13H2/t8-,9-/m0/s1. The van der Waals surface area contributed by atoms with Crippen LogP contribution in [-0.4, -0.2) is 21.2 Å². The van der Waals surface area contributed by atoms with Gasteiger partial charge in [0.1, 0.15) is 5.69 Å². The molecule has 0 aliphatic heterocycles. The lowest BCUT2D eigenvalue weighted by Gasteiger charge is -2.08. The number of nitrogens with zero attached hydrogens (tertiary/aromatic N) is 3. The predicted molar refractivity (Wildman–Crippen MR) is 62.1 cm³/mol. The lowest BCUT2D eigenvalue weighted by atomic mass is 10.1. The van der Waals surface area contributed by atoms with E-state index in [1.54, 1.807) is 6.20 Å². The van der Waals surface area contributed by atoms with Crippen molar-refractivity contribution in [2.45, 2.75) is 31.2 Å². The van der Waals surface area contributed by atoms with Gasteiger partial charge >= 0.3 is 0 Å². The average Bonchev–Trinajstić information content (AvgIpc) is 2.98. The summed E-state index contributed by atoms with van der Waals surface area (Å²) >= 11 is 0. The van der Waals surface area contributed by atoms with Gasteiger partial charge in [-0.2, -0.15) is 4.98 Å². The van der Waals surface area contributed by atoms with Crippen LogP contribution in [0.3, 0.4) is 0 Å². The summed E-state index contributed by atoms with van der Waals surface area (Å²) in [6.45, 7) is 0. The summed E-state index contributed by atoms with van der Waals surface area (Å²) in [6, 6.07) is 5.77. The number of hydrogen-bond donors (Lipinski definition) is 1. The molecule has 5 heteroatoms. The van der Waals surface area contributed by atoms with Crippen LogP contribution in [0.1, 0.15) is 31.1 Å². The van der Waals surface area contributed by atoms with E-state index in [9.17, 15) is 0 Å². The molecule has 0 radical (unpaired) electrons. The van der Waals surface area contributed by atoms with Gasteiger partial charge < -0.3 is 10.3 Å². The van der Waals surface area contributed by atoms with Crippen molar-refractivity contribution < 1.29 is 4.52 Å². The third-order valence-electron chi connectivity index (χ3n) is 3.22.